The third-order valence-electron chi connectivity index (χ3n) is 4.16. The van der Waals surface area contributed by atoms with Gasteiger partial charge in [0.1, 0.15) is 17.2 Å². The van der Waals surface area contributed by atoms with Crippen molar-refractivity contribution in [3.63, 3.8) is 0 Å². The monoisotopic (exact) mass is 302 g/mol. The van der Waals surface area contributed by atoms with Crippen LogP contribution in [0.1, 0.15) is 29.1 Å². The summed E-state index contributed by atoms with van der Waals surface area (Å²) < 4.78 is 1.54. The van der Waals surface area contributed by atoms with E-state index < -0.39 is 0 Å². The summed E-state index contributed by atoms with van der Waals surface area (Å²) in [5.74, 6) is 0.720. The lowest BCUT2D eigenvalue weighted by Gasteiger charge is -2.16. The minimum absolute atomic E-state index is 0.0687. The standard InChI is InChI=1S/C15H18N4OS/c1-10-11(2)21-14-13(10)15(20)19(8-5-16)12(17-14)9-18-6-3-4-7-18/h3-4,6-9H2,1-2H3. The Balaban J connectivity index is 2.15. The number of hydrogen-bond donors (Lipinski definition) is 0. The van der Waals surface area contributed by atoms with Gasteiger partial charge in [-0.1, -0.05) is 0 Å². The quantitative estimate of drug-likeness (QED) is 0.872. The Morgan fingerprint density at radius 1 is 1.33 bits per heavy atom. The first-order valence-corrected chi connectivity index (χ1v) is 8.02. The Labute approximate surface area is 127 Å². The Bertz CT molecular complexity index is 778. The number of likely N-dealkylation sites (tertiary alicyclic amines) is 1. The number of thiophene rings is 1. The number of fused-ring (bicyclic) bond motifs is 1. The number of aryl methyl sites for hydroxylation is 2. The lowest BCUT2D eigenvalue weighted by atomic mass is 10.2. The molecule has 0 radical (unpaired) electrons. The van der Waals surface area contributed by atoms with Crippen LogP contribution in [0, 0.1) is 25.2 Å². The average Bonchev–Trinajstić information content (AvgIpc) is 3.04. The number of hydrogen-bond acceptors (Lipinski definition) is 5. The first-order valence-electron chi connectivity index (χ1n) is 7.20. The van der Waals surface area contributed by atoms with Crippen molar-refractivity contribution in [3.8, 4) is 6.07 Å². The highest BCUT2D eigenvalue weighted by Crippen LogP contribution is 2.26. The SMILES string of the molecule is Cc1sc2nc(CN3CCCC3)n(CC#N)c(=O)c2c1C. The Hall–Kier alpha value is -1.71. The normalized spacial score (nSPS) is 15.7. The highest BCUT2D eigenvalue weighted by Gasteiger charge is 2.19. The summed E-state index contributed by atoms with van der Waals surface area (Å²) in [4.78, 5) is 21.6. The van der Waals surface area contributed by atoms with E-state index in [-0.39, 0.29) is 12.1 Å². The molecule has 2 aromatic heterocycles. The van der Waals surface area contributed by atoms with Gasteiger partial charge in [-0.15, -0.1) is 11.3 Å². The van der Waals surface area contributed by atoms with Gasteiger partial charge in [0.05, 0.1) is 18.0 Å². The van der Waals surface area contributed by atoms with Gasteiger partial charge >= 0.3 is 0 Å². The van der Waals surface area contributed by atoms with Gasteiger partial charge < -0.3 is 0 Å². The second-order valence-corrected chi connectivity index (χ2v) is 6.73. The molecule has 3 heterocycles. The predicted octanol–water partition coefficient (Wildman–Crippen LogP) is 2.19. The van der Waals surface area contributed by atoms with Crippen molar-refractivity contribution < 1.29 is 0 Å². The van der Waals surface area contributed by atoms with Crippen LogP contribution in [-0.4, -0.2) is 27.5 Å². The van der Waals surface area contributed by atoms with Crippen molar-refractivity contribution in [1.82, 2.24) is 14.5 Å². The molecule has 1 fully saturated rings. The molecule has 110 valence electrons. The van der Waals surface area contributed by atoms with E-state index in [9.17, 15) is 4.79 Å². The molecule has 1 saturated heterocycles. The highest BCUT2D eigenvalue weighted by atomic mass is 32.1. The summed E-state index contributed by atoms with van der Waals surface area (Å²) in [7, 11) is 0. The van der Waals surface area contributed by atoms with Crippen LogP contribution in [0.15, 0.2) is 4.79 Å². The van der Waals surface area contributed by atoms with E-state index in [2.05, 4.69) is 16.0 Å². The van der Waals surface area contributed by atoms with E-state index in [0.717, 1.165) is 34.2 Å². The van der Waals surface area contributed by atoms with Gasteiger partial charge in [-0.2, -0.15) is 5.26 Å². The van der Waals surface area contributed by atoms with Gasteiger partial charge in [0.15, 0.2) is 0 Å². The van der Waals surface area contributed by atoms with E-state index in [0.29, 0.717) is 11.9 Å². The summed E-state index contributed by atoms with van der Waals surface area (Å²) >= 11 is 1.57. The second kappa shape index (κ2) is 5.58. The van der Waals surface area contributed by atoms with Gasteiger partial charge in [0, 0.05) is 4.88 Å². The molecular weight excluding hydrogens is 284 g/mol. The van der Waals surface area contributed by atoms with E-state index in [4.69, 9.17) is 5.26 Å². The van der Waals surface area contributed by atoms with Crippen LogP contribution in [0.2, 0.25) is 0 Å². The maximum Gasteiger partial charge on any atom is 0.263 e. The minimum atomic E-state index is -0.0717. The van der Waals surface area contributed by atoms with E-state index in [1.165, 1.54) is 12.8 Å². The molecule has 3 rings (SSSR count). The fourth-order valence-electron chi connectivity index (χ4n) is 2.86. The second-order valence-electron chi connectivity index (χ2n) is 5.52. The summed E-state index contributed by atoms with van der Waals surface area (Å²) in [5, 5.41) is 9.71. The Morgan fingerprint density at radius 3 is 2.71 bits per heavy atom. The molecule has 0 aliphatic carbocycles. The molecule has 0 amide bonds. The van der Waals surface area contributed by atoms with Crippen molar-refractivity contribution in [2.75, 3.05) is 13.1 Å². The number of aromatic nitrogens is 2. The Morgan fingerprint density at radius 2 is 2.05 bits per heavy atom. The minimum Gasteiger partial charge on any atom is -0.296 e. The highest BCUT2D eigenvalue weighted by molar-refractivity contribution is 7.18. The lowest BCUT2D eigenvalue weighted by Crippen LogP contribution is -2.29. The fourth-order valence-corrected chi connectivity index (χ4v) is 3.90. The predicted molar refractivity (Wildman–Crippen MR) is 83.5 cm³/mol. The largest absolute Gasteiger partial charge is 0.296 e. The first kappa shape index (κ1) is 14.2. The number of nitriles is 1. The molecule has 0 spiro atoms. The molecule has 0 unspecified atom stereocenters. The van der Waals surface area contributed by atoms with E-state index >= 15 is 0 Å². The van der Waals surface area contributed by atoms with Crippen molar-refractivity contribution >= 4 is 21.6 Å². The van der Waals surface area contributed by atoms with Crippen LogP contribution in [0.4, 0.5) is 0 Å². The smallest absolute Gasteiger partial charge is 0.263 e. The summed E-state index contributed by atoms with van der Waals surface area (Å²) in [6, 6.07) is 2.09. The zero-order chi connectivity index (χ0) is 15.0. The van der Waals surface area contributed by atoms with Crippen molar-refractivity contribution in [1.29, 1.82) is 5.26 Å². The summed E-state index contributed by atoms with van der Waals surface area (Å²) in [6.45, 7) is 6.78. The first-order chi connectivity index (χ1) is 10.1. The van der Waals surface area contributed by atoms with Gasteiger partial charge in [-0.05, 0) is 45.3 Å². The van der Waals surface area contributed by atoms with Gasteiger partial charge in [0.2, 0.25) is 0 Å². The summed E-state index contributed by atoms with van der Waals surface area (Å²) in [5.41, 5.74) is 0.921. The zero-order valence-electron chi connectivity index (χ0n) is 12.3. The lowest BCUT2D eigenvalue weighted by molar-refractivity contribution is 0.316. The van der Waals surface area contributed by atoms with Crippen molar-refractivity contribution in [3.05, 3.63) is 26.6 Å². The molecule has 5 nitrogen and oxygen atoms in total. The molecule has 6 heteroatoms. The zero-order valence-corrected chi connectivity index (χ0v) is 13.2. The fraction of sp³-hybridized carbons (Fsp3) is 0.533. The van der Waals surface area contributed by atoms with Crippen LogP contribution < -0.4 is 5.56 Å². The average molecular weight is 302 g/mol. The molecule has 21 heavy (non-hydrogen) atoms. The molecular formula is C15H18N4OS. The summed E-state index contributed by atoms with van der Waals surface area (Å²) in [6.07, 6.45) is 2.39. The number of rotatable bonds is 3. The van der Waals surface area contributed by atoms with Crippen LogP contribution in [0.25, 0.3) is 10.2 Å². The van der Waals surface area contributed by atoms with Crippen LogP contribution in [0.3, 0.4) is 0 Å². The Kier molecular flexibility index (Phi) is 3.79. The molecule has 0 aromatic carbocycles. The molecule has 0 bridgehead atoms. The topological polar surface area (TPSA) is 61.9 Å². The van der Waals surface area contributed by atoms with Crippen molar-refractivity contribution in [2.24, 2.45) is 0 Å². The van der Waals surface area contributed by atoms with Crippen LogP contribution >= 0.6 is 11.3 Å². The maximum atomic E-state index is 12.7. The molecule has 0 N–H and O–H groups in total. The van der Waals surface area contributed by atoms with Crippen molar-refractivity contribution in [2.45, 2.75) is 39.8 Å². The van der Waals surface area contributed by atoms with Gasteiger partial charge in [0.25, 0.3) is 5.56 Å². The van der Waals surface area contributed by atoms with Crippen LogP contribution in [0.5, 0.6) is 0 Å². The van der Waals surface area contributed by atoms with E-state index in [1.54, 1.807) is 15.9 Å². The van der Waals surface area contributed by atoms with Crippen LogP contribution in [-0.2, 0) is 13.1 Å². The third-order valence-corrected chi connectivity index (χ3v) is 5.26. The molecule has 1 aliphatic heterocycles. The third kappa shape index (κ3) is 2.47. The van der Waals surface area contributed by atoms with E-state index in [1.807, 2.05) is 13.8 Å². The molecule has 1 aliphatic rings. The molecule has 0 atom stereocenters. The number of nitrogens with zero attached hydrogens (tertiary/aromatic N) is 4. The molecule has 0 saturated carbocycles. The van der Waals surface area contributed by atoms with Gasteiger partial charge in [-0.3, -0.25) is 14.3 Å². The maximum absolute atomic E-state index is 12.7. The molecule has 2 aromatic rings. The van der Waals surface area contributed by atoms with Gasteiger partial charge in [-0.25, -0.2) is 4.98 Å².